The van der Waals surface area contributed by atoms with Crippen molar-refractivity contribution in [3.63, 3.8) is 0 Å². The van der Waals surface area contributed by atoms with Gasteiger partial charge in [0.25, 0.3) is 0 Å². The number of hydrogen-bond donors (Lipinski definition) is 2. The van der Waals surface area contributed by atoms with Crippen molar-refractivity contribution in [2.75, 3.05) is 13.2 Å². The Morgan fingerprint density at radius 1 is 1.37 bits per heavy atom. The van der Waals surface area contributed by atoms with E-state index < -0.39 is 0 Å². The monoisotopic (exact) mass is 323 g/mol. The molecule has 2 fully saturated rings. The van der Waals surface area contributed by atoms with Crippen molar-refractivity contribution in [1.29, 1.82) is 0 Å². The summed E-state index contributed by atoms with van der Waals surface area (Å²) < 4.78 is 1.07. The lowest BCUT2D eigenvalue weighted by molar-refractivity contribution is -0.122. The molecule has 2 unspecified atom stereocenters. The van der Waals surface area contributed by atoms with E-state index in [9.17, 15) is 9.90 Å². The van der Waals surface area contributed by atoms with E-state index in [1.807, 2.05) is 12.1 Å². The van der Waals surface area contributed by atoms with E-state index in [0.717, 1.165) is 23.7 Å². The SMILES string of the molecule is O=C(NCC1(CO)CC1)C1CC1c1ccc(Br)cc1. The van der Waals surface area contributed by atoms with Crippen LogP contribution in [-0.2, 0) is 4.79 Å². The number of halogens is 1. The molecule has 1 aromatic carbocycles. The Morgan fingerprint density at radius 2 is 2.05 bits per heavy atom. The summed E-state index contributed by atoms with van der Waals surface area (Å²) in [6, 6.07) is 8.21. The van der Waals surface area contributed by atoms with Crippen molar-refractivity contribution in [1.82, 2.24) is 5.32 Å². The second kappa shape index (κ2) is 4.91. The van der Waals surface area contributed by atoms with Crippen LogP contribution in [0.1, 0.15) is 30.7 Å². The smallest absolute Gasteiger partial charge is 0.223 e. The number of carbonyl (C=O) groups is 1. The Kier molecular flexibility index (Phi) is 3.39. The van der Waals surface area contributed by atoms with E-state index in [4.69, 9.17) is 0 Å². The number of nitrogens with one attached hydrogen (secondary N) is 1. The fourth-order valence-electron chi connectivity index (χ4n) is 2.54. The molecule has 0 saturated heterocycles. The first-order chi connectivity index (χ1) is 9.13. The Morgan fingerprint density at radius 3 is 2.63 bits per heavy atom. The summed E-state index contributed by atoms with van der Waals surface area (Å²) in [4.78, 5) is 12.0. The highest BCUT2D eigenvalue weighted by molar-refractivity contribution is 9.10. The van der Waals surface area contributed by atoms with Gasteiger partial charge in [-0.2, -0.15) is 0 Å². The predicted molar refractivity (Wildman–Crippen MR) is 76.8 cm³/mol. The van der Waals surface area contributed by atoms with Crippen molar-refractivity contribution in [2.24, 2.45) is 11.3 Å². The van der Waals surface area contributed by atoms with E-state index in [2.05, 4.69) is 33.4 Å². The fraction of sp³-hybridized carbons (Fsp3) is 0.533. The fourth-order valence-corrected chi connectivity index (χ4v) is 2.80. The Labute approximate surface area is 121 Å². The maximum atomic E-state index is 12.0. The average Bonchev–Trinajstić information content (AvgIpc) is 3.31. The molecule has 2 aliphatic carbocycles. The summed E-state index contributed by atoms with van der Waals surface area (Å²) in [6.45, 7) is 0.819. The molecular weight excluding hydrogens is 306 g/mol. The molecule has 3 nitrogen and oxygen atoms in total. The minimum atomic E-state index is -0.00232. The topological polar surface area (TPSA) is 49.3 Å². The van der Waals surface area contributed by atoms with E-state index >= 15 is 0 Å². The van der Waals surface area contributed by atoms with Crippen LogP contribution in [0.5, 0.6) is 0 Å². The number of benzene rings is 1. The molecule has 1 aromatic rings. The molecule has 0 heterocycles. The zero-order valence-corrected chi connectivity index (χ0v) is 12.3. The van der Waals surface area contributed by atoms with Gasteiger partial charge in [-0.15, -0.1) is 0 Å². The van der Waals surface area contributed by atoms with Gasteiger partial charge in [0.05, 0.1) is 6.61 Å². The molecule has 0 radical (unpaired) electrons. The molecule has 1 amide bonds. The van der Waals surface area contributed by atoms with Gasteiger partial charge >= 0.3 is 0 Å². The lowest BCUT2D eigenvalue weighted by atomic mass is 10.1. The van der Waals surface area contributed by atoms with Crippen molar-refractivity contribution in [3.05, 3.63) is 34.3 Å². The number of aliphatic hydroxyl groups is 1. The molecule has 19 heavy (non-hydrogen) atoms. The number of rotatable bonds is 5. The third kappa shape index (κ3) is 2.84. The highest BCUT2D eigenvalue weighted by Gasteiger charge is 2.46. The average molecular weight is 324 g/mol. The number of amides is 1. The highest BCUT2D eigenvalue weighted by atomic mass is 79.9. The second-order valence-corrected chi connectivity index (χ2v) is 6.79. The summed E-state index contributed by atoms with van der Waals surface area (Å²) >= 11 is 3.42. The Bertz CT molecular complexity index is 481. The Hall–Kier alpha value is -0.870. The first-order valence-corrected chi connectivity index (χ1v) is 7.57. The summed E-state index contributed by atoms with van der Waals surface area (Å²) in [5.41, 5.74) is 1.24. The largest absolute Gasteiger partial charge is 0.396 e. The van der Waals surface area contributed by atoms with Gasteiger partial charge in [-0.05, 0) is 42.9 Å². The van der Waals surface area contributed by atoms with E-state index in [1.54, 1.807) is 0 Å². The summed E-state index contributed by atoms with van der Waals surface area (Å²) in [7, 11) is 0. The number of aliphatic hydroxyl groups excluding tert-OH is 1. The van der Waals surface area contributed by atoms with Crippen LogP contribution in [0.4, 0.5) is 0 Å². The third-order valence-corrected chi connectivity index (χ3v) is 4.88. The van der Waals surface area contributed by atoms with Gasteiger partial charge < -0.3 is 10.4 Å². The molecule has 2 saturated carbocycles. The van der Waals surface area contributed by atoms with Gasteiger partial charge in [0.1, 0.15) is 0 Å². The number of carbonyl (C=O) groups excluding carboxylic acids is 1. The molecular formula is C15H18BrNO2. The van der Waals surface area contributed by atoms with Crippen LogP contribution in [0.2, 0.25) is 0 Å². The third-order valence-electron chi connectivity index (χ3n) is 4.36. The van der Waals surface area contributed by atoms with Crippen LogP contribution < -0.4 is 5.32 Å². The van der Waals surface area contributed by atoms with E-state index in [-0.39, 0.29) is 23.8 Å². The quantitative estimate of drug-likeness (QED) is 0.874. The van der Waals surface area contributed by atoms with Crippen LogP contribution >= 0.6 is 15.9 Å². The highest BCUT2D eigenvalue weighted by Crippen LogP contribution is 2.48. The lowest BCUT2D eigenvalue weighted by Crippen LogP contribution is -2.33. The minimum Gasteiger partial charge on any atom is -0.396 e. The molecule has 0 spiro atoms. The summed E-state index contributed by atoms with van der Waals surface area (Å²) in [6.07, 6.45) is 3.01. The van der Waals surface area contributed by atoms with Gasteiger partial charge in [0.15, 0.2) is 0 Å². The molecule has 0 bridgehead atoms. The van der Waals surface area contributed by atoms with Crippen LogP contribution in [0.25, 0.3) is 0 Å². The van der Waals surface area contributed by atoms with Crippen LogP contribution in [-0.4, -0.2) is 24.2 Å². The maximum absolute atomic E-state index is 12.0. The first kappa shape index (κ1) is 13.1. The first-order valence-electron chi connectivity index (χ1n) is 6.78. The normalized spacial score (nSPS) is 26.8. The van der Waals surface area contributed by atoms with Crippen molar-refractivity contribution in [2.45, 2.75) is 25.2 Å². The second-order valence-electron chi connectivity index (χ2n) is 5.88. The molecule has 0 aliphatic heterocycles. The molecule has 3 rings (SSSR count). The van der Waals surface area contributed by atoms with Gasteiger partial charge in [-0.3, -0.25) is 4.79 Å². The van der Waals surface area contributed by atoms with Crippen LogP contribution in [0.3, 0.4) is 0 Å². The van der Waals surface area contributed by atoms with Crippen molar-refractivity contribution < 1.29 is 9.90 Å². The van der Waals surface area contributed by atoms with Crippen molar-refractivity contribution >= 4 is 21.8 Å². The standard InChI is InChI=1S/C15H18BrNO2/c16-11-3-1-10(2-4-11)12-7-13(12)14(19)17-8-15(9-18)5-6-15/h1-4,12-13,18H,5-9H2,(H,17,19). The maximum Gasteiger partial charge on any atom is 0.223 e. The van der Waals surface area contributed by atoms with Gasteiger partial charge in [0.2, 0.25) is 5.91 Å². The molecule has 2 atom stereocenters. The summed E-state index contributed by atoms with van der Waals surface area (Å²) in [5.74, 6) is 0.640. The summed E-state index contributed by atoms with van der Waals surface area (Å²) in [5, 5.41) is 12.2. The lowest BCUT2D eigenvalue weighted by Gasteiger charge is -2.12. The predicted octanol–water partition coefficient (Wildman–Crippen LogP) is 2.44. The van der Waals surface area contributed by atoms with Crippen molar-refractivity contribution in [3.8, 4) is 0 Å². The van der Waals surface area contributed by atoms with Gasteiger partial charge in [-0.25, -0.2) is 0 Å². The molecule has 0 aromatic heterocycles. The van der Waals surface area contributed by atoms with Gasteiger partial charge in [0, 0.05) is 22.4 Å². The van der Waals surface area contributed by atoms with Gasteiger partial charge in [-0.1, -0.05) is 28.1 Å². The molecule has 4 heteroatoms. The Balaban J connectivity index is 1.52. The van der Waals surface area contributed by atoms with E-state index in [1.165, 1.54) is 5.56 Å². The number of hydrogen-bond acceptors (Lipinski definition) is 2. The molecule has 2 aliphatic rings. The molecule has 2 N–H and O–H groups in total. The van der Waals surface area contributed by atoms with E-state index in [0.29, 0.717) is 12.5 Å². The van der Waals surface area contributed by atoms with Crippen LogP contribution in [0.15, 0.2) is 28.7 Å². The van der Waals surface area contributed by atoms with Crippen LogP contribution in [0, 0.1) is 11.3 Å². The molecule has 102 valence electrons. The zero-order chi connectivity index (χ0) is 13.5. The minimum absolute atomic E-state index is 0.00232. The zero-order valence-electron chi connectivity index (χ0n) is 10.7.